The van der Waals surface area contributed by atoms with Crippen LogP contribution in [0.1, 0.15) is 47.0 Å². The molecule has 0 radical (unpaired) electrons. The Kier molecular flexibility index (Phi) is 12.8. The highest BCUT2D eigenvalue weighted by Gasteiger charge is 2.33. The highest BCUT2D eigenvalue weighted by Crippen LogP contribution is 2.10. The van der Waals surface area contributed by atoms with Gasteiger partial charge >= 0.3 is 11.9 Å². The Morgan fingerprint density at radius 2 is 1.45 bits per heavy atom. The van der Waals surface area contributed by atoms with E-state index in [-0.39, 0.29) is 11.7 Å². The number of nitrogens with two attached hydrogens (primary N) is 1. The number of carbonyl (C=O) groups is 5. The predicted molar refractivity (Wildman–Crippen MR) is 116 cm³/mol. The Hall–Kier alpha value is -2.34. The van der Waals surface area contributed by atoms with Gasteiger partial charge in [-0.2, -0.15) is 12.6 Å². The number of carboxylic acid groups (broad SMARTS) is 2. The minimum Gasteiger partial charge on any atom is -0.481 e. The van der Waals surface area contributed by atoms with E-state index in [9.17, 15) is 24.0 Å². The molecule has 12 heteroatoms. The van der Waals surface area contributed by atoms with E-state index < -0.39 is 66.2 Å². The predicted octanol–water partition coefficient (Wildman–Crippen LogP) is -0.651. The van der Waals surface area contributed by atoms with Crippen molar-refractivity contribution < 1.29 is 34.2 Å². The summed E-state index contributed by atoms with van der Waals surface area (Å²) in [7, 11) is 0. The van der Waals surface area contributed by atoms with Crippen molar-refractivity contribution in [2.45, 2.75) is 71.1 Å². The van der Waals surface area contributed by atoms with Crippen LogP contribution < -0.4 is 21.7 Å². The molecule has 0 aliphatic rings. The van der Waals surface area contributed by atoms with Gasteiger partial charge in [-0.25, -0.2) is 4.79 Å². The van der Waals surface area contributed by atoms with Crippen LogP contribution >= 0.6 is 12.6 Å². The normalized spacial score (nSPS) is 15.8. The largest absolute Gasteiger partial charge is 0.481 e. The van der Waals surface area contributed by atoms with Crippen LogP contribution in [0.15, 0.2) is 0 Å². The van der Waals surface area contributed by atoms with Gasteiger partial charge in [0.25, 0.3) is 0 Å². The van der Waals surface area contributed by atoms with Crippen molar-refractivity contribution >= 4 is 42.3 Å². The summed E-state index contributed by atoms with van der Waals surface area (Å²) in [5.74, 6) is -5.38. The van der Waals surface area contributed by atoms with Crippen molar-refractivity contribution in [3.05, 3.63) is 0 Å². The van der Waals surface area contributed by atoms with E-state index in [1.165, 1.54) is 0 Å². The second kappa shape index (κ2) is 13.9. The molecule has 0 spiro atoms. The van der Waals surface area contributed by atoms with Crippen molar-refractivity contribution in [2.24, 2.45) is 17.6 Å². The lowest BCUT2D eigenvalue weighted by atomic mass is 9.97. The lowest BCUT2D eigenvalue weighted by molar-refractivity contribution is -0.143. The maximum absolute atomic E-state index is 12.7. The van der Waals surface area contributed by atoms with Crippen LogP contribution in [0.25, 0.3) is 0 Å². The van der Waals surface area contributed by atoms with E-state index in [1.54, 1.807) is 13.8 Å². The maximum Gasteiger partial charge on any atom is 0.327 e. The van der Waals surface area contributed by atoms with Crippen LogP contribution in [0.3, 0.4) is 0 Å². The number of carbonyl (C=O) groups excluding carboxylic acids is 3. The van der Waals surface area contributed by atoms with Crippen LogP contribution in [0.4, 0.5) is 0 Å². The molecule has 0 saturated heterocycles. The number of nitrogens with one attached hydrogen (secondary N) is 3. The van der Waals surface area contributed by atoms with Crippen molar-refractivity contribution in [2.75, 3.05) is 5.75 Å². The van der Waals surface area contributed by atoms with Gasteiger partial charge < -0.3 is 31.9 Å². The Bertz CT molecular complexity index is 659. The van der Waals surface area contributed by atoms with Gasteiger partial charge in [-0.3, -0.25) is 19.2 Å². The highest BCUT2D eigenvalue weighted by molar-refractivity contribution is 7.80. The summed E-state index contributed by atoms with van der Waals surface area (Å²) in [6.07, 6.45) is 0.0901. The fourth-order valence-corrected chi connectivity index (χ4v) is 2.93. The molecule has 0 aromatic rings. The van der Waals surface area contributed by atoms with Crippen LogP contribution in [0.5, 0.6) is 0 Å². The SMILES string of the molecule is CCC(C)C(NC(=O)C(CC(=O)O)NC(=O)C(N)CC(C)C)C(=O)NC(CS)C(=O)O. The fourth-order valence-electron chi connectivity index (χ4n) is 2.68. The number of rotatable bonds is 14. The Morgan fingerprint density at radius 3 is 1.87 bits per heavy atom. The topological polar surface area (TPSA) is 188 Å². The highest BCUT2D eigenvalue weighted by atomic mass is 32.1. The number of aliphatic carboxylic acids is 2. The van der Waals surface area contributed by atoms with E-state index in [0.29, 0.717) is 12.8 Å². The molecule has 31 heavy (non-hydrogen) atoms. The summed E-state index contributed by atoms with van der Waals surface area (Å²) < 4.78 is 0. The summed E-state index contributed by atoms with van der Waals surface area (Å²) in [4.78, 5) is 60.0. The molecule has 11 nitrogen and oxygen atoms in total. The molecule has 0 bridgehead atoms. The minimum atomic E-state index is -1.46. The molecule has 0 aliphatic heterocycles. The standard InChI is InChI=1S/C19H34N4O7S/c1-5-10(4)15(18(28)22-13(8-31)19(29)30)23-17(27)12(7-14(24)25)21-16(26)11(20)6-9(2)3/h9-13,15,31H,5-8,20H2,1-4H3,(H,21,26)(H,22,28)(H,23,27)(H,24,25)(H,29,30). The van der Waals surface area contributed by atoms with Crippen LogP contribution in [0.2, 0.25) is 0 Å². The van der Waals surface area contributed by atoms with Gasteiger partial charge in [0.05, 0.1) is 12.5 Å². The molecular weight excluding hydrogens is 428 g/mol. The summed E-state index contributed by atoms with van der Waals surface area (Å²) >= 11 is 3.89. The molecule has 0 saturated carbocycles. The number of carboxylic acids is 2. The molecule has 178 valence electrons. The average molecular weight is 463 g/mol. The van der Waals surface area contributed by atoms with E-state index in [2.05, 4.69) is 28.6 Å². The first-order chi connectivity index (χ1) is 14.3. The first-order valence-electron chi connectivity index (χ1n) is 10.1. The fraction of sp³-hybridized carbons (Fsp3) is 0.737. The molecule has 7 N–H and O–H groups in total. The van der Waals surface area contributed by atoms with Gasteiger partial charge in [-0.1, -0.05) is 34.1 Å². The van der Waals surface area contributed by atoms with Gasteiger partial charge in [0.2, 0.25) is 17.7 Å². The second-order valence-electron chi connectivity index (χ2n) is 7.85. The number of thiol groups is 1. The molecule has 5 atom stereocenters. The van der Waals surface area contributed by atoms with Crippen molar-refractivity contribution in [1.29, 1.82) is 0 Å². The Morgan fingerprint density at radius 1 is 0.903 bits per heavy atom. The number of hydrogen-bond acceptors (Lipinski definition) is 7. The van der Waals surface area contributed by atoms with E-state index in [4.69, 9.17) is 15.9 Å². The third-order valence-corrected chi connectivity index (χ3v) is 5.03. The molecular formula is C19H34N4O7S. The summed E-state index contributed by atoms with van der Waals surface area (Å²) in [6.45, 7) is 7.16. The Balaban J connectivity index is 5.48. The van der Waals surface area contributed by atoms with Crippen LogP contribution in [-0.4, -0.2) is 69.8 Å². The first kappa shape index (κ1) is 28.7. The molecule has 0 aliphatic carbocycles. The third-order valence-electron chi connectivity index (χ3n) is 4.66. The van der Waals surface area contributed by atoms with Gasteiger partial charge in [0.15, 0.2) is 0 Å². The van der Waals surface area contributed by atoms with Gasteiger partial charge in [0.1, 0.15) is 18.1 Å². The van der Waals surface area contributed by atoms with Gasteiger partial charge in [0, 0.05) is 5.75 Å². The van der Waals surface area contributed by atoms with Gasteiger partial charge in [-0.15, -0.1) is 0 Å². The second-order valence-corrected chi connectivity index (χ2v) is 8.21. The van der Waals surface area contributed by atoms with E-state index in [0.717, 1.165) is 0 Å². The zero-order valence-corrected chi connectivity index (χ0v) is 19.1. The Labute approximate surface area is 187 Å². The lowest BCUT2D eigenvalue weighted by Crippen LogP contribution is -2.59. The smallest absolute Gasteiger partial charge is 0.327 e. The molecule has 0 aromatic heterocycles. The summed E-state index contributed by atoms with van der Waals surface area (Å²) in [6, 6.07) is -4.79. The van der Waals surface area contributed by atoms with E-state index >= 15 is 0 Å². The third kappa shape index (κ3) is 10.5. The lowest BCUT2D eigenvalue weighted by Gasteiger charge is -2.27. The first-order valence-corrected chi connectivity index (χ1v) is 10.7. The molecule has 5 unspecified atom stereocenters. The molecule has 0 aromatic carbocycles. The van der Waals surface area contributed by atoms with Gasteiger partial charge in [-0.05, 0) is 18.3 Å². The quantitative estimate of drug-likeness (QED) is 0.166. The van der Waals surface area contributed by atoms with Crippen molar-refractivity contribution in [1.82, 2.24) is 16.0 Å². The zero-order chi connectivity index (χ0) is 24.3. The maximum atomic E-state index is 12.7. The van der Waals surface area contributed by atoms with Crippen LogP contribution in [0, 0.1) is 11.8 Å². The number of amides is 3. The zero-order valence-electron chi connectivity index (χ0n) is 18.3. The number of hydrogen-bond donors (Lipinski definition) is 7. The molecule has 0 heterocycles. The monoisotopic (exact) mass is 462 g/mol. The van der Waals surface area contributed by atoms with Crippen molar-refractivity contribution in [3.8, 4) is 0 Å². The van der Waals surface area contributed by atoms with Crippen LogP contribution in [-0.2, 0) is 24.0 Å². The average Bonchev–Trinajstić information content (AvgIpc) is 2.67. The minimum absolute atomic E-state index is 0.111. The summed E-state index contributed by atoms with van der Waals surface area (Å²) in [5, 5.41) is 25.3. The molecule has 0 rings (SSSR count). The van der Waals surface area contributed by atoms with Crippen molar-refractivity contribution in [3.63, 3.8) is 0 Å². The molecule has 3 amide bonds. The molecule has 0 fully saturated rings. The summed E-state index contributed by atoms with van der Waals surface area (Å²) in [5.41, 5.74) is 5.80. The van der Waals surface area contributed by atoms with E-state index in [1.807, 2.05) is 13.8 Å².